The summed E-state index contributed by atoms with van der Waals surface area (Å²) in [5, 5.41) is 5.75. The van der Waals surface area contributed by atoms with Crippen molar-refractivity contribution in [3.8, 4) is 33.4 Å². The first-order chi connectivity index (χ1) is 28.1. The molecule has 58 heavy (non-hydrogen) atoms. The van der Waals surface area contributed by atoms with Gasteiger partial charge in [0, 0.05) is 22.5 Å². The highest BCUT2D eigenvalue weighted by molar-refractivity contribution is 7.22. The number of benzene rings is 8. The zero-order valence-electron chi connectivity index (χ0n) is 34.3. The average Bonchev–Trinajstić information content (AvgIpc) is 3.67. The van der Waals surface area contributed by atoms with Crippen molar-refractivity contribution in [1.29, 1.82) is 0 Å². The number of nitrogens with zero attached hydrogens (tertiary/aromatic N) is 1. The van der Waals surface area contributed by atoms with Gasteiger partial charge in [0.05, 0.1) is 0 Å². The third-order valence-corrected chi connectivity index (χ3v) is 17.9. The molecule has 1 nitrogen and oxygen atoms in total. The van der Waals surface area contributed by atoms with Gasteiger partial charge in [-0.1, -0.05) is 186 Å². The second kappa shape index (κ2) is 13.4. The zero-order valence-corrected chi connectivity index (χ0v) is 35.3. The molecular weight excluding hydrogens is 715 g/mol. The SMILES string of the molecule is Cc1cc(N(c2cc(C(C)(C)C)cc([Si]3(c4ccccc4)c4ccccc4-c4ccccc43)c2)c2ccc3c(c2)C(C)(C)c2ccccc2-3)ccc1-c1ccccc1. The monoisotopic (exact) mass is 763 g/mol. The van der Waals surface area contributed by atoms with E-state index < -0.39 is 8.07 Å². The Morgan fingerprint density at radius 1 is 0.431 bits per heavy atom. The zero-order chi connectivity index (χ0) is 39.8. The molecule has 0 fully saturated rings. The van der Waals surface area contributed by atoms with Gasteiger partial charge in [-0.3, -0.25) is 0 Å². The predicted molar refractivity (Wildman–Crippen MR) is 250 cm³/mol. The van der Waals surface area contributed by atoms with Crippen molar-refractivity contribution in [3.05, 3.63) is 210 Å². The highest BCUT2D eigenvalue weighted by Crippen LogP contribution is 2.51. The van der Waals surface area contributed by atoms with Crippen LogP contribution in [-0.4, -0.2) is 8.07 Å². The van der Waals surface area contributed by atoms with Gasteiger partial charge in [0.15, 0.2) is 8.07 Å². The van der Waals surface area contributed by atoms with Gasteiger partial charge in [0.25, 0.3) is 0 Å². The van der Waals surface area contributed by atoms with E-state index in [0.29, 0.717) is 0 Å². The Bertz CT molecular complexity index is 2820. The molecule has 0 spiro atoms. The Balaban J connectivity index is 1.27. The molecule has 1 aliphatic heterocycles. The molecule has 0 aromatic heterocycles. The van der Waals surface area contributed by atoms with Gasteiger partial charge in [-0.15, -0.1) is 0 Å². The maximum Gasteiger partial charge on any atom is 0.180 e. The second-order valence-corrected chi connectivity index (χ2v) is 21.6. The lowest BCUT2D eigenvalue weighted by Crippen LogP contribution is -2.73. The Kier molecular flexibility index (Phi) is 8.37. The average molecular weight is 764 g/mol. The van der Waals surface area contributed by atoms with E-state index >= 15 is 0 Å². The molecular formula is C56H49NSi. The van der Waals surface area contributed by atoms with Crippen molar-refractivity contribution < 1.29 is 0 Å². The molecule has 0 saturated heterocycles. The van der Waals surface area contributed by atoms with Gasteiger partial charge in [-0.2, -0.15) is 0 Å². The van der Waals surface area contributed by atoms with E-state index in [9.17, 15) is 0 Å². The molecule has 0 saturated carbocycles. The van der Waals surface area contributed by atoms with Crippen molar-refractivity contribution >= 4 is 45.9 Å². The molecule has 8 aromatic rings. The molecule has 0 atom stereocenters. The summed E-state index contributed by atoms with van der Waals surface area (Å²) in [6.45, 7) is 14.1. The third kappa shape index (κ3) is 5.50. The van der Waals surface area contributed by atoms with Crippen LogP contribution in [-0.2, 0) is 10.8 Å². The first kappa shape index (κ1) is 36.1. The molecule has 0 bridgehead atoms. The largest absolute Gasteiger partial charge is 0.310 e. The number of hydrogen-bond donors (Lipinski definition) is 0. The maximum absolute atomic E-state index is 2.79. The highest BCUT2D eigenvalue weighted by Gasteiger charge is 2.49. The molecule has 2 heteroatoms. The standard InChI is InChI=1S/C56H49NSi/c1-38-33-41(29-31-46(38)39-19-9-7-10-20-39)57(42-30-32-48-47-23-13-16-26-51(47)56(5,6)52(48)37-42)43-34-40(55(2,3)4)35-45(36-43)58(44-21-11-8-12-22-44)53-27-17-14-24-49(53)50-25-15-18-28-54(50)58/h7-37H,1-6H3. The van der Waals surface area contributed by atoms with Crippen LogP contribution in [0.5, 0.6) is 0 Å². The second-order valence-electron chi connectivity index (χ2n) is 17.8. The molecule has 0 N–H and O–H groups in total. The summed E-state index contributed by atoms with van der Waals surface area (Å²) < 4.78 is 0. The number of rotatable bonds is 6. The van der Waals surface area contributed by atoms with E-state index in [4.69, 9.17) is 0 Å². The lowest BCUT2D eigenvalue weighted by molar-refractivity contribution is 0.591. The van der Waals surface area contributed by atoms with Gasteiger partial charge < -0.3 is 4.90 Å². The normalized spacial score (nSPS) is 14.3. The molecule has 1 heterocycles. The van der Waals surface area contributed by atoms with Crippen LogP contribution >= 0.6 is 0 Å². The van der Waals surface area contributed by atoms with Crippen molar-refractivity contribution in [2.75, 3.05) is 4.90 Å². The molecule has 0 radical (unpaired) electrons. The fourth-order valence-corrected chi connectivity index (χ4v) is 15.3. The van der Waals surface area contributed by atoms with Crippen molar-refractivity contribution in [2.24, 2.45) is 0 Å². The van der Waals surface area contributed by atoms with Gasteiger partial charge in [-0.25, -0.2) is 0 Å². The van der Waals surface area contributed by atoms with Crippen LogP contribution in [0.4, 0.5) is 17.1 Å². The van der Waals surface area contributed by atoms with E-state index in [-0.39, 0.29) is 10.8 Å². The summed E-state index contributed by atoms with van der Waals surface area (Å²) >= 11 is 0. The van der Waals surface area contributed by atoms with Crippen molar-refractivity contribution in [3.63, 3.8) is 0 Å². The highest BCUT2D eigenvalue weighted by atomic mass is 28.3. The fourth-order valence-electron chi connectivity index (χ4n) is 10.1. The third-order valence-electron chi connectivity index (χ3n) is 13.0. The van der Waals surface area contributed by atoms with Crippen LogP contribution in [0.2, 0.25) is 0 Å². The summed E-state index contributed by atoms with van der Waals surface area (Å²) in [5.41, 5.74) is 16.5. The van der Waals surface area contributed by atoms with Crippen LogP contribution in [0, 0.1) is 6.92 Å². The maximum atomic E-state index is 2.56. The van der Waals surface area contributed by atoms with Crippen LogP contribution in [0.1, 0.15) is 56.9 Å². The summed E-state index contributed by atoms with van der Waals surface area (Å²) in [7, 11) is -2.79. The number of hydrogen-bond acceptors (Lipinski definition) is 1. The Labute approximate surface area is 345 Å². The molecule has 1 aliphatic carbocycles. The Morgan fingerprint density at radius 3 is 1.60 bits per heavy atom. The van der Waals surface area contributed by atoms with Crippen LogP contribution in [0.15, 0.2) is 188 Å². The number of anilines is 3. The first-order valence-corrected chi connectivity index (χ1v) is 22.7. The Morgan fingerprint density at radius 2 is 0.966 bits per heavy atom. The quantitative estimate of drug-likeness (QED) is 0.152. The van der Waals surface area contributed by atoms with E-state index in [1.165, 1.54) is 87.8 Å². The van der Waals surface area contributed by atoms with Gasteiger partial charge >= 0.3 is 0 Å². The summed E-state index contributed by atoms with van der Waals surface area (Å²) in [6.07, 6.45) is 0. The molecule has 282 valence electrons. The molecule has 0 unspecified atom stereocenters. The minimum absolute atomic E-state index is 0.102. The van der Waals surface area contributed by atoms with E-state index in [1.54, 1.807) is 0 Å². The van der Waals surface area contributed by atoms with Crippen molar-refractivity contribution in [2.45, 2.75) is 52.4 Å². The minimum Gasteiger partial charge on any atom is -0.310 e. The van der Waals surface area contributed by atoms with Gasteiger partial charge in [-0.05, 0) is 125 Å². The summed E-state index contributed by atoms with van der Waals surface area (Å²) in [5.74, 6) is 0. The van der Waals surface area contributed by atoms with Gasteiger partial charge in [0.1, 0.15) is 0 Å². The lowest BCUT2D eigenvalue weighted by atomic mass is 9.82. The molecule has 2 aliphatic rings. The lowest BCUT2D eigenvalue weighted by Gasteiger charge is -2.35. The van der Waals surface area contributed by atoms with Crippen LogP contribution in [0.25, 0.3) is 33.4 Å². The van der Waals surface area contributed by atoms with Crippen LogP contribution in [0.3, 0.4) is 0 Å². The first-order valence-electron chi connectivity index (χ1n) is 20.7. The Hall–Kier alpha value is -6.22. The smallest absolute Gasteiger partial charge is 0.180 e. The van der Waals surface area contributed by atoms with E-state index in [2.05, 4.69) is 234 Å². The van der Waals surface area contributed by atoms with Gasteiger partial charge in [0.2, 0.25) is 0 Å². The topological polar surface area (TPSA) is 3.24 Å². The fraction of sp³-hybridized carbons (Fsp3) is 0.143. The minimum atomic E-state index is -2.79. The molecule has 0 amide bonds. The summed E-state index contributed by atoms with van der Waals surface area (Å²) in [6, 6.07) is 71.4. The summed E-state index contributed by atoms with van der Waals surface area (Å²) in [4.78, 5) is 2.54. The molecule has 8 aromatic carbocycles. The van der Waals surface area contributed by atoms with E-state index in [0.717, 1.165) is 5.69 Å². The van der Waals surface area contributed by atoms with Crippen molar-refractivity contribution in [1.82, 2.24) is 0 Å². The number of fused-ring (bicyclic) bond motifs is 6. The predicted octanol–water partition coefficient (Wildman–Crippen LogP) is 12.1. The van der Waals surface area contributed by atoms with Crippen LogP contribution < -0.4 is 25.6 Å². The molecule has 10 rings (SSSR count). The van der Waals surface area contributed by atoms with E-state index in [1.807, 2.05) is 0 Å². The number of aryl methyl sites for hydroxylation is 1.